The Kier molecular flexibility index (Phi) is 3.24. The summed E-state index contributed by atoms with van der Waals surface area (Å²) in [6.45, 7) is -0.000650. The van der Waals surface area contributed by atoms with Gasteiger partial charge in [0, 0.05) is 16.2 Å². The van der Waals surface area contributed by atoms with Crippen molar-refractivity contribution < 1.29 is 19.5 Å². The van der Waals surface area contributed by atoms with E-state index in [1.54, 1.807) is 0 Å². The second kappa shape index (κ2) is 4.55. The molecule has 3 rings (SSSR count). The summed E-state index contributed by atoms with van der Waals surface area (Å²) in [7, 11) is 0. The van der Waals surface area contributed by atoms with Crippen molar-refractivity contribution >= 4 is 49.6 Å². The first kappa shape index (κ1) is 13.5. The fourth-order valence-electron chi connectivity index (χ4n) is 3.84. The van der Waals surface area contributed by atoms with E-state index in [2.05, 4.69) is 31.9 Å². The van der Waals surface area contributed by atoms with Gasteiger partial charge in [-0.2, -0.15) is 0 Å². The number of alkyl halides is 2. The van der Waals surface area contributed by atoms with Crippen LogP contribution in [0.25, 0.3) is 0 Å². The molecular formula is C12H13Br2NO4. The lowest BCUT2D eigenvalue weighted by molar-refractivity contribution is -0.142. The van der Waals surface area contributed by atoms with Gasteiger partial charge in [0.15, 0.2) is 0 Å². The number of likely N-dealkylation sites (tertiary alicyclic amines) is 1. The average Bonchev–Trinajstić information content (AvgIpc) is 2.93. The van der Waals surface area contributed by atoms with E-state index >= 15 is 0 Å². The lowest BCUT2D eigenvalue weighted by Gasteiger charge is -2.28. The zero-order chi connectivity index (χ0) is 13.9. The number of hydrogen-bond acceptors (Lipinski definition) is 3. The van der Waals surface area contributed by atoms with Crippen LogP contribution >= 0.6 is 31.9 Å². The number of hydrogen-bond donors (Lipinski definition) is 1. The van der Waals surface area contributed by atoms with E-state index in [4.69, 9.17) is 5.11 Å². The van der Waals surface area contributed by atoms with Crippen molar-refractivity contribution in [2.24, 2.45) is 23.7 Å². The quantitative estimate of drug-likeness (QED) is 0.577. The number of carboxylic acids is 1. The number of rotatable bonds is 3. The van der Waals surface area contributed by atoms with E-state index in [-0.39, 0.29) is 58.1 Å². The van der Waals surface area contributed by atoms with Crippen molar-refractivity contribution in [3.05, 3.63) is 0 Å². The number of aliphatic carboxylic acids is 1. The third kappa shape index (κ3) is 1.81. The van der Waals surface area contributed by atoms with Crippen LogP contribution in [-0.4, -0.2) is 44.0 Å². The van der Waals surface area contributed by atoms with Gasteiger partial charge >= 0.3 is 5.97 Å². The SMILES string of the molecule is O=C(O)CCN1C(=O)[C@@H]2[C@H]3C[C@@H]([C@H](Br)[C@H]3Br)[C@H]2C1=O. The highest BCUT2D eigenvalue weighted by molar-refractivity contribution is 9.12. The van der Waals surface area contributed by atoms with Gasteiger partial charge < -0.3 is 5.11 Å². The summed E-state index contributed by atoms with van der Waals surface area (Å²) in [5, 5.41) is 8.69. The molecule has 104 valence electrons. The Morgan fingerprint density at radius 1 is 1.16 bits per heavy atom. The van der Waals surface area contributed by atoms with E-state index in [0.717, 1.165) is 11.3 Å². The Morgan fingerprint density at radius 2 is 1.63 bits per heavy atom. The van der Waals surface area contributed by atoms with Crippen LogP contribution in [0.5, 0.6) is 0 Å². The van der Waals surface area contributed by atoms with E-state index in [1.165, 1.54) is 0 Å². The predicted octanol–water partition coefficient (Wildman–Crippen LogP) is 1.24. The number of carbonyl (C=O) groups is 3. The highest BCUT2D eigenvalue weighted by Gasteiger charge is 2.66. The molecule has 0 aromatic heterocycles. The molecule has 2 bridgehead atoms. The highest BCUT2D eigenvalue weighted by atomic mass is 79.9. The number of imide groups is 1. The van der Waals surface area contributed by atoms with Crippen molar-refractivity contribution in [3.8, 4) is 0 Å². The Hall–Kier alpha value is -0.430. The van der Waals surface area contributed by atoms with Crippen molar-refractivity contribution in [1.82, 2.24) is 4.90 Å². The topological polar surface area (TPSA) is 74.7 Å². The van der Waals surface area contributed by atoms with Crippen molar-refractivity contribution in [2.45, 2.75) is 22.5 Å². The third-order valence-electron chi connectivity index (χ3n) is 4.63. The van der Waals surface area contributed by atoms with Crippen LogP contribution in [0, 0.1) is 23.7 Å². The fourth-order valence-corrected chi connectivity index (χ4v) is 5.71. The summed E-state index contributed by atoms with van der Waals surface area (Å²) >= 11 is 7.21. The minimum Gasteiger partial charge on any atom is -0.481 e. The van der Waals surface area contributed by atoms with Crippen LogP contribution in [0.2, 0.25) is 0 Å². The summed E-state index contributed by atoms with van der Waals surface area (Å²) < 4.78 is 0. The molecule has 5 nitrogen and oxygen atoms in total. The van der Waals surface area contributed by atoms with Crippen LogP contribution in [0.15, 0.2) is 0 Å². The van der Waals surface area contributed by atoms with Gasteiger partial charge in [0.2, 0.25) is 11.8 Å². The van der Waals surface area contributed by atoms with E-state index in [1.807, 2.05) is 0 Å². The molecule has 0 unspecified atom stereocenters. The molecule has 0 aromatic carbocycles. The summed E-state index contributed by atoms with van der Waals surface area (Å²) in [6.07, 6.45) is 0.715. The molecule has 0 aromatic rings. The van der Waals surface area contributed by atoms with Gasteiger partial charge in [-0.15, -0.1) is 0 Å². The van der Waals surface area contributed by atoms with Crippen LogP contribution < -0.4 is 0 Å². The van der Waals surface area contributed by atoms with Crippen LogP contribution in [0.3, 0.4) is 0 Å². The molecule has 0 radical (unpaired) electrons. The van der Waals surface area contributed by atoms with E-state index in [0.29, 0.717) is 0 Å². The zero-order valence-electron chi connectivity index (χ0n) is 9.96. The molecule has 2 aliphatic carbocycles. The molecule has 2 saturated carbocycles. The summed E-state index contributed by atoms with van der Waals surface area (Å²) in [6, 6.07) is 0. The van der Waals surface area contributed by atoms with Crippen molar-refractivity contribution in [3.63, 3.8) is 0 Å². The molecule has 1 saturated heterocycles. The minimum atomic E-state index is -0.989. The maximum atomic E-state index is 12.3. The lowest BCUT2D eigenvalue weighted by Crippen LogP contribution is -2.37. The normalized spacial score (nSPS) is 44.0. The number of nitrogens with zero attached hydrogens (tertiary/aromatic N) is 1. The molecular weight excluding hydrogens is 382 g/mol. The number of carboxylic acid groups (broad SMARTS) is 1. The monoisotopic (exact) mass is 393 g/mol. The summed E-state index contributed by atoms with van der Waals surface area (Å²) in [5.74, 6) is -1.46. The van der Waals surface area contributed by atoms with Gasteiger partial charge in [-0.25, -0.2) is 0 Å². The Labute approximate surface area is 127 Å². The van der Waals surface area contributed by atoms with Crippen LogP contribution in [0.1, 0.15) is 12.8 Å². The van der Waals surface area contributed by atoms with Gasteiger partial charge in [0.05, 0.1) is 18.3 Å². The van der Waals surface area contributed by atoms with E-state index in [9.17, 15) is 14.4 Å². The first-order valence-electron chi connectivity index (χ1n) is 6.28. The van der Waals surface area contributed by atoms with Crippen LogP contribution in [0.4, 0.5) is 0 Å². The number of halogens is 2. The van der Waals surface area contributed by atoms with Gasteiger partial charge in [-0.1, -0.05) is 31.9 Å². The highest BCUT2D eigenvalue weighted by Crippen LogP contribution is 2.60. The molecule has 3 aliphatic rings. The molecule has 1 N–H and O–H groups in total. The largest absolute Gasteiger partial charge is 0.481 e. The molecule has 0 spiro atoms. The third-order valence-corrected chi connectivity index (χ3v) is 7.83. The standard InChI is InChI=1S/C12H13Br2NO4/c13-9-4-3-5(10(9)14)8-7(4)11(18)15(12(8)19)2-1-6(16)17/h4-5,7-10H,1-3H2,(H,16,17)/t4-,5-,7-,8-,9+,10+/m1/s1. The second-order valence-corrected chi connectivity index (χ2v) is 7.59. The van der Waals surface area contributed by atoms with Gasteiger partial charge in [-0.05, 0) is 18.3 Å². The number of carbonyl (C=O) groups excluding carboxylic acids is 2. The van der Waals surface area contributed by atoms with Crippen LogP contribution in [-0.2, 0) is 14.4 Å². The number of amides is 2. The molecule has 19 heavy (non-hydrogen) atoms. The van der Waals surface area contributed by atoms with Gasteiger partial charge in [-0.3, -0.25) is 19.3 Å². The maximum Gasteiger partial charge on any atom is 0.305 e. The first-order valence-corrected chi connectivity index (χ1v) is 8.11. The van der Waals surface area contributed by atoms with Gasteiger partial charge in [0.25, 0.3) is 0 Å². The molecule has 2 amide bonds. The summed E-state index contributed by atoms with van der Waals surface area (Å²) in [4.78, 5) is 36.8. The predicted molar refractivity (Wildman–Crippen MR) is 73.0 cm³/mol. The Morgan fingerprint density at radius 3 is 2.05 bits per heavy atom. The molecule has 6 atom stereocenters. The van der Waals surface area contributed by atoms with E-state index < -0.39 is 5.97 Å². The summed E-state index contributed by atoms with van der Waals surface area (Å²) in [5.41, 5.74) is 0. The average molecular weight is 395 g/mol. The lowest BCUT2D eigenvalue weighted by atomic mass is 9.81. The Balaban J connectivity index is 1.83. The fraction of sp³-hybridized carbons (Fsp3) is 0.750. The van der Waals surface area contributed by atoms with Crippen molar-refractivity contribution in [1.29, 1.82) is 0 Å². The molecule has 1 heterocycles. The smallest absolute Gasteiger partial charge is 0.305 e. The Bertz CT molecular complexity index is 437. The molecule has 1 aliphatic heterocycles. The molecule has 7 heteroatoms. The first-order chi connectivity index (χ1) is 8.93. The maximum absolute atomic E-state index is 12.3. The zero-order valence-corrected chi connectivity index (χ0v) is 13.1. The van der Waals surface area contributed by atoms with Crippen molar-refractivity contribution in [2.75, 3.05) is 6.54 Å². The van der Waals surface area contributed by atoms with Gasteiger partial charge in [0.1, 0.15) is 0 Å². The number of fused-ring (bicyclic) bond motifs is 5. The second-order valence-electron chi connectivity index (χ2n) is 5.48. The minimum absolute atomic E-state index is 0.000650. The molecule has 3 fully saturated rings.